The molecule has 0 radical (unpaired) electrons. The Balaban J connectivity index is 1.51. The van der Waals surface area contributed by atoms with Gasteiger partial charge in [0.05, 0.1) is 11.7 Å². The monoisotopic (exact) mass is 368 g/mol. The molecule has 1 saturated carbocycles. The van der Waals surface area contributed by atoms with Gasteiger partial charge in [-0.25, -0.2) is 9.97 Å². The van der Waals surface area contributed by atoms with Gasteiger partial charge in [-0.3, -0.25) is 19.3 Å². The van der Waals surface area contributed by atoms with Crippen LogP contribution in [0.25, 0.3) is 16.7 Å². The number of aromatic nitrogens is 5. The van der Waals surface area contributed by atoms with Crippen LogP contribution in [0, 0.1) is 5.92 Å². The third kappa shape index (κ3) is 3.67. The van der Waals surface area contributed by atoms with E-state index in [9.17, 15) is 9.59 Å². The first kappa shape index (κ1) is 17.2. The van der Waals surface area contributed by atoms with Gasteiger partial charge in [-0.1, -0.05) is 0 Å². The van der Waals surface area contributed by atoms with Crippen molar-refractivity contribution in [1.82, 2.24) is 30.0 Å². The third-order valence-corrected chi connectivity index (χ3v) is 5.05. The van der Waals surface area contributed by atoms with E-state index in [4.69, 9.17) is 5.11 Å². The van der Waals surface area contributed by atoms with Crippen molar-refractivity contribution in [2.45, 2.75) is 38.1 Å². The summed E-state index contributed by atoms with van der Waals surface area (Å²) in [5.41, 5.74) is 0.886. The highest BCUT2D eigenvalue weighted by Gasteiger charge is 2.25. The summed E-state index contributed by atoms with van der Waals surface area (Å²) in [5.74, 6) is -0.230. The molecule has 3 N–H and O–H groups in total. The molecular formula is C18H20N6O3. The van der Waals surface area contributed by atoms with Crippen LogP contribution in [0.15, 0.2) is 31.0 Å². The molecule has 0 atom stereocenters. The molecule has 3 aromatic heterocycles. The summed E-state index contributed by atoms with van der Waals surface area (Å²) in [7, 11) is 0. The predicted octanol–water partition coefficient (Wildman–Crippen LogP) is 1.91. The van der Waals surface area contributed by atoms with Crippen molar-refractivity contribution in [2.24, 2.45) is 5.92 Å². The standard InChI is InChI=1S/C18H20N6O3/c25-15(26)7-11-1-3-13(4-2-11)21-18(27)17-16-12(9-20-23-16)8-14(22-17)24-6-5-19-10-24/h5-6,8-11,13H,1-4,7H2,(H,20,23)(H,21,27)(H,25,26)/t11-,13-. The highest BCUT2D eigenvalue weighted by atomic mass is 16.4. The normalized spacial score (nSPS) is 19.9. The molecule has 1 amide bonds. The fourth-order valence-corrected chi connectivity index (χ4v) is 3.64. The number of hydrogen-bond acceptors (Lipinski definition) is 5. The number of carboxylic acid groups (broad SMARTS) is 1. The first-order chi connectivity index (χ1) is 13.1. The number of carbonyl (C=O) groups excluding carboxylic acids is 1. The number of aromatic amines is 1. The Kier molecular flexibility index (Phi) is 4.57. The minimum absolute atomic E-state index is 0.0271. The zero-order valence-corrected chi connectivity index (χ0v) is 14.6. The SMILES string of the molecule is O=C(O)C[C@H]1CC[C@H](NC(=O)c2nc(-n3ccnc3)cc3cn[nH]c23)CC1. The Morgan fingerprint density at radius 3 is 2.81 bits per heavy atom. The van der Waals surface area contributed by atoms with Gasteiger partial charge >= 0.3 is 5.97 Å². The average molecular weight is 368 g/mol. The molecule has 0 saturated heterocycles. The van der Waals surface area contributed by atoms with Gasteiger partial charge in [0.15, 0.2) is 5.69 Å². The lowest BCUT2D eigenvalue weighted by Crippen LogP contribution is -2.38. The van der Waals surface area contributed by atoms with Crippen LogP contribution >= 0.6 is 0 Å². The van der Waals surface area contributed by atoms with E-state index in [0.717, 1.165) is 31.1 Å². The van der Waals surface area contributed by atoms with Crippen LogP contribution in [0.2, 0.25) is 0 Å². The Morgan fingerprint density at radius 1 is 1.30 bits per heavy atom. The van der Waals surface area contributed by atoms with Gasteiger partial charge < -0.3 is 10.4 Å². The van der Waals surface area contributed by atoms with Gasteiger partial charge in [-0.2, -0.15) is 5.10 Å². The van der Waals surface area contributed by atoms with Crippen LogP contribution in [0.3, 0.4) is 0 Å². The molecule has 0 unspecified atom stereocenters. The van der Waals surface area contributed by atoms with E-state index >= 15 is 0 Å². The van der Waals surface area contributed by atoms with E-state index in [1.54, 1.807) is 29.5 Å². The largest absolute Gasteiger partial charge is 0.481 e. The number of H-pyrrole nitrogens is 1. The minimum atomic E-state index is -0.760. The molecule has 1 aliphatic carbocycles. The molecule has 0 aliphatic heterocycles. The fraction of sp³-hybridized carbons (Fsp3) is 0.389. The number of nitrogens with zero attached hydrogens (tertiary/aromatic N) is 4. The third-order valence-electron chi connectivity index (χ3n) is 5.05. The van der Waals surface area contributed by atoms with Crippen molar-refractivity contribution in [2.75, 3.05) is 0 Å². The quantitative estimate of drug-likeness (QED) is 0.631. The molecule has 9 nitrogen and oxygen atoms in total. The molecule has 3 heterocycles. The van der Waals surface area contributed by atoms with Crippen molar-refractivity contribution in [1.29, 1.82) is 0 Å². The summed E-state index contributed by atoms with van der Waals surface area (Å²) >= 11 is 0. The van der Waals surface area contributed by atoms with Crippen LogP contribution in [-0.2, 0) is 4.79 Å². The van der Waals surface area contributed by atoms with E-state index in [1.165, 1.54) is 0 Å². The second kappa shape index (κ2) is 7.18. The number of nitrogens with one attached hydrogen (secondary N) is 2. The molecule has 140 valence electrons. The summed E-state index contributed by atoms with van der Waals surface area (Å²) < 4.78 is 1.74. The summed E-state index contributed by atoms with van der Waals surface area (Å²) in [6.45, 7) is 0. The van der Waals surface area contributed by atoms with Crippen molar-refractivity contribution in [3.05, 3.63) is 36.7 Å². The molecular weight excluding hydrogens is 348 g/mol. The predicted molar refractivity (Wildman–Crippen MR) is 96.5 cm³/mol. The number of pyridine rings is 1. The van der Waals surface area contributed by atoms with Gasteiger partial charge in [0.2, 0.25) is 0 Å². The van der Waals surface area contributed by atoms with Crippen LogP contribution in [0.1, 0.15) is 42.6 Å². The van der Waals surface area contributed by atoms with Crippen LogP contribution in [0.5, 0.6) is 0 Å². The minimum Gasteiger partial charge on any atom is -0.481 e. The lowest BCUT2D eigenvalue weighted by atomic mass is 9.84. The first-order valence-electron chi connectivity index (χ1n) is 8.95. The molecule has 0 aromatic carbocycles. The smallest absolute Gasteiger partial charge is 0.303 e. The second-order valence-electron chi connectivity index (χ2n) is 6.92. The van der Waals surface area contributed by atoms with E-state index in [2.05, 4.69) is 25.5 Å². The maximum Gasteiger partial charge on any atom is 0.303 e. The van der Waals surface area contributed by atoms with E-state index in [0.29, 0.717) is 17.0 Å². The summed E-state index contributed by atoms with van der Waals surface area (Å²) in [6, 6.07) is 1.87. The van der Waals surface area contributed by atoms with E-state index < -0.39 is 5.97 Å². The van der Waals surface area contributed by atoms with Crippen molar-refractivity contribution >= 4 is 22.8 Å². The van der Waals surface area contributed by atoms with Gasteiger partial charge in [0.25, 0.3) is 5.91 Å². The summed E-state index contributed by atoms with van der Waals surface area (Å²) in [5, 5.41) is 19.6. The molecule has 1 aliphatic rings. The highest BCUT2D eigenvalue weighted by Crippen LogP contribution is 2.27. The fourth-order valence-electron chi connectivity index (χ4n) is 3.64. The Hall–Kier alpha value is -3.23. The topological polar surface area (TPSA) is 126 Å². The van der Waals surface area contributed by atoms with Gasteiger partial charge in [-0.15, -0.1) is 0 Å². The Bertz CT molecular complexity index is 957. The number of carboxylic acids is 1. The number of hydrogen-bond donors (Lipinski definition) is 3. The van der Waals surface area contributed by atoms with Crippen LogP contribution in [0.4, 0.5) is 0 Å². The molecule has 0 spiro atoms. The van der Waals surface area contributed by atoms with Crippen LogP contribution in [-0.4, -0.2) is 47.8 Å². The van der Waals surface area contributed by atoms with Gasteiger partial charge in [-0.05, 0) is 37.7 Å². The number of amides is 1. The number of rotatable bonds is 5. The summed E-state index contributed by atoms with van der Waals surface area (Å²) in [4.78, 5) is 32.2. The van der Waals surface area contributed by atoms with E-state index in [1.807, 2.05) is 6.07 Å². The average Bonchev–Trinajstić information content (AvgIpc) is 3.33. The number of carbonyl (C=O) groups is 2. The highest BCUT2D eigenvalue weighted by molar-refractivity contribution is 6.04. The lowest BCUT2D eigenvalue weighted by Gasteiger charge is -2.28. The van der Waals surface area contributed by atoms with Gasteiger partial charge in [0, 0.05) is 30.2 Å². The van der Waals surface area contributed by atoms with Crippen LogP contribution < -0.4 is 5.32 Å². The number of aliphatic carboxylic acids is 1. The molecule has 27 heavy (non-hydrogen) atoms. The number of imidazole rings is 1. The maximum absolute atomic E-state index is 12.9. The van der Waals surface area contributed by atoms with Crippen molar-refractivity contribution in [3.8, 4) is 5.82 Å². The zero-order valence-electron chi connectivity index (χ0n) is 14.6. The second-order valence-corrected chi connectivity index (χ2v) is 6.92. The Labute approximate surface area is 154 Å². The maximum atomic E-state index is 12.9. The van der Waals surface area contributed by atoms with Gasteiger partial charge in [0.1, 0.15) is 12.1 Å². The molecule has 3 aromatic rings. The lowest BCUT2D eigenvalue weighted by molar-refractivity contribution is -0.138. The van der Waals surface area contributed by atoms with E-state index in [-0.39, 0.29) is 24.3 Å². The molecule has 1 fully saturated rings. The molecule has 4 rings (SSSR count). The van der Waals surface area contributed by atoms with Crippen molar-refractivity contribution in [3.63, 3.8) is 0 Å². The zero-order chi connectivity index (χ0) is 18.8. The summed E-state index contributed by atoms with van der Waals surface area (Å²) in [6.07, 6.45) is 10.1. The van der Waals surface area contributed by atoms with Crippen molar-refractivity contribution < 1.29 is 14.7 Å². The molecule has 0 bridgehead atoms. The Morgan fingerprint density at radius 2 is 2.11 bits per heavy atom. The molecule has 9 heteroatoms. The number of fused-ring (bicyclic) bond motifs is 1. The first-order valence-corrected chi connectivity index (χ1v) is 8.95.